The molecule has 0 bridgehead atoms. The number of aryl methyl sites for hydroxylation is 2. The molecule has 0 aromatic carbocycles. The largest absolute Gasteiger partial charge is 0.312 e. The Hall–Kier alpha value is -0.410. The van der Waals surface area contributed by atoms with Gasteiger partial charge in [0.1, 0.15) is 0 Å². The van der Waals surface area contributed by atoms with Crippen molar-refractivity contribution in [1.29, 1.82) is 0 Å². The molecule has 0 unspecified atom stereocenters. The maximum atomic E-state index is 4.70. The summed E-state index contributed by atoms with van der Waals surface area (Å²) < 4.78 is 0. The van der Waals surface area contributed by atoms with Crippen LogP contribution < -0.4 is 5.32 Å². The smallest absolute Gasteiger partial charge is 0.0931 e. The maximum absolute atomic E-state index is 4.70. The van der Waals surface area contributed by atoms with Gasteiger partial charge in [-0.3, -0.25) is 0 Å². The highest BCUT2D eigenvalue weighted by molar-refractivity contribution is 7.11. The maximum Gasteiger partial charge on any atom is 0.0931 e. The SMILES string of the molecule is CCCCNCc1sc(CCC)nc1CC. The molecule has 3 heteroatoms. The second-order valence-corrected chi connectivity index (χ2v) is 5.28. The molecule has 0 aliphatic rings. The third-order valence-electron chi connectivity index (χ3n) is 2.61. The van der Waals surface area contributed by atoms with Crippen molar-refractivity contribution in [2.75, 3.05) is 6.54 Å². The first-order valence-corrected chi connectivity index (χ1v) is 7.31. The molecule has 0 saturated heterocycles. The van der Waals surface area contributed by atoms with E-state index < -0.39 is 0 Å². The topological polar surface area (TPSA) is 24.9 Å². The average molecular weight is 240 g/mol. The van der Waals surface area contributed by atoms with E-state index in [1.54, 1.807) is 0 Å². The third-order valence-corrected chi connectivity index (χ3v) is 3.77. The first-order chi connectivity index (χ1) is 7.81. The fourth-order valence-corrected chi connectivity index (χ4v) is 2.90. The fraction of sp³-hybridized carbons (Fsp3) is 0.769. The Morgan fingerprint density at radius 1 is 1.19 bits per heavy atom. The van der Waals surface area contributed by atoms with Crippen LogP contribution in [0.4, 0.5) is 0 Å². The number of hydrogen-bond donors (Lipinski definition) is 1. The van der Waals surface area contributed by atoms with Gasteiger partial charge in [0.15, 0.2) is 0 Å². The molecule has 1 aromatic rings. The fourth-order valence-electron chi connectivity index (χ4n) is 1.68. The number of thiazole rings is 1. The highest BCUT2D eigenvalue weighted by atomic mass is 32.1. The van der Waals surface area contributed by atoms with Gasteiger partial charge in [-0.1, -0.05) is 27.2 Å². The summed E-state index contributed by atoms with van der Waals surface area (Å²) in [6, 6.07) is 0. The van der Waals surface area contributed by atoms with E-state index in [9.17, 15) is 0 Å². The summed E-state index contributed by atoms with van der Waals surface area (Å²) in [5.41, 5.74) is 1.30. The Kier molecular flexibility index (Phi) is 6.65. The van der Waals surface area contributed by atoms with Crippen LogP contribution in [0, 0.1) is 0 Å². The molecule has 0 aliphatic heterocycles. The zero-order valence-corrected chi connectivity index (χ0v) is 11.6. The van der Waals surface area contributed by atoms with Crippen LogP contribution in [0.25, 0.3) is 0 Å². The lowest BCUT2D eigenvalue weighted by Crippen LogP contribution is -2.14. The Bertz CT molecular complexity index is 294. The van der Waals surface area contributed by atoms with Crippen molar-refractivity contribution in [2.45, 2.75) is 59.4 Å². The summed E-state index contributed by atoms with van der Waals surface area (Å²) >= 11 is 1.89. The van der Waals surface area contributed by atoms with Crippen molar-refractivity contribution < 1.29 is 0 Å². The minimum atomic E-state index is 1.00. The van der Waals surface area contributed by atoms with Gasteiger partial charge in [0.05, 0.1) is 10.7 Å². The summed E-state index contributed by atoms with van der Waals surface area (Å²) in [7, 11) is 0. The monoisotopic (exact) mass is 240 g/mol. The quantitative estimate of drug-likeness (QED) is 0.703. The van der Waals surface area contributed by atoms with E-state index >= 15 is 0 Å². The van der Waals surface area contributed by atoms with Crippen molar-refractivity contribution in [3.8, 4) is 0 Å². The number of hydrogen-bond acceptors (Lipinski definition) is 3. The molecule has 1 N–H and O–H groups in total. The van der Waals surface area contributed by atoms with E-state index in [0.29, 0.717) is 0 Å². The lowest BCUT2D eigenvalue weighted by molar-refractivity contribution is 0.642. The van der Waals surface area contributed by atoms with Crippen LogP contribution in [-0.4, -0.2) is 11.5 Å². The van der Waals surface area contributed by atoms with Gasteiger partial charge in [-0.25, -0.2) is 4.98 Å². The Labute approximate surface area is 103 Å². The molecule has 92 valence electrons. The second-order valence-electron chi connectivity index (χ2n) is 4.11. The average Bonchev–Trinajstić information content (AvgIpc) is 2.67. The number of nitrogens with zero attached hydrogens (tertiary/aromatic N) is 1. The van der Waals surface area contributed by atoms with E-state index in [-0.39, 0.29) is 0 Å². The zero-order chi connectivity index (χ0) is 11.8. The van der Waals surface area contributed by atoms with Crippen LogP contribution in [0.1, 0.15) is 55.6 Å². The van der Waals surface area contributed by atoms with Gasteiger partial charge in [-0.05, 0) is 32.2 Å². The number of aromatic nitrogens is 1. The Morgan fingerprint density at radius 2 is 2.00 bits per heavy atom. The molecule has 0 atom stereocenters. The van der Waals surface area contributed by atoms with Gasteiger partial charge in [-0.15, -0.1) is 11.3 Å². The molecule has 1 aromatic heterocycles. The lowest BCUT2D eigenvalue weighted by atomic mass is 10.3. The number of nitrogens with one attached hydrogen (secondary N) is 1. The van der Waals surface area contributed by atoms with Crippen molar-refractivity contribution in [2.24, 2.45) is 0 Å². The van der Waals surface area contributed by atoms with Gasteiger partial charge < -0.3 is 5.32 Å². The lowest BCUT2D eigenvalue weighted by Gasteiger charge is -2.02. The van der Waals surface area contributed by atoms with E-state index in [4.69, 9.17) is 4.98 Å². The first kappa shape index (κ1) is 13.7. The van der Waals surface area contributed by atoms with Crippen LogP contribution >= 0.6 is 11.3 Å². The highest BCUT2D eigenvalue weighted by Gasteiger charge is 2.08. The third kappa shape index (κ3) is 4.22. The van der Waals surface area contributed by atoms with Crippen LogP contribution in [0.5, 0.6) is 0 Å². The first-order valence-electron chi connectivity index (χ1n) is 6.49. The Balaban J connectivity index is 2.49. The van der Waals surface area contributed by atoms with Crippen molar-refractivity contribution in [3.05, 3.63) is 15.6 Å². The molecule has 0 spiro atoms. The molecule has 0 amide bonds. The van der Waals surface area contributed by atoms with Crippen LogP contribution in [0.2, 0.25) is 0 Å². The summed E-state index contributed by atoms with van der Waals surface area (Å²) in [6.45, 7) is 8.77. The van der Waals surface area contributed by atoms with Crippen LogP contribution in [0.15, 0.2) is 0 Å². The minimum absolute atomic E-state index is 1.00. The second kappa shape index (κ2) is 7.80. The van der Waals surface area contributed by atoms with Gasteiger partial charge in [-0.2, -0.15) is 0 Å². The zero-order valence-electron chi connectivity index (χ0n) is 10.8. The molecule has 0 saturated carbocycles. The molecule has 1 heterocycles. The van der Waals surface area contributed by atoms with Gasteiger partial charge >= 0.3 is 0 Å². The standard InChI is InChI=1S/C13H24N2S/c1-4-7-9-14-10-12-11(6-3)15-13(16-12)8-5-2/h14H,4-10H2,1-3H3. The van der Waals surface area contributed by atoms with E-state index in [1.807, 2.05) is 11.3 Å². The summed E-state index contributed by atoms with van der Waals surface area (Å²) in [5.74, 6) is 0. The van der Waals surface area contributed by atoms with Crippen molar-refractivity contribution in [1.82, 2.24) is 10.3 Å². The summed E-state index contributed by atoms with van der Waals surface area (Å²) in [5, 5.41) is 4.81. The molecular formula is C13H24N2S. The van der Waals surface area contributed by atoms with E-state index in [2.05, 4.69) is 26.1 Å². The van der Waals surface area contributed by atoms with Gasteiger partial charge in [0, 0.05) is 11.4 Å². The molecule has 2 nitrogen and oxygen atoms in total. The molecule has 1 rings (SSSR count). The number of unbranched alkanes of at least 4 members (excludes halogenated alkanes) is 1. The summed E-state index contributed by atoms with van der Waals surface area (Å²) in [4.78, 5) is 6.14. The van der Waals surface area contributed by atoms with E-state index in [0.717, 1.165) is 25.9 Å². The van der Waals surface area contributed by atoms with Gasteiger partial charge in [0.2, 0.25) is 0 Å². The minimum Gasteiger partial charge on any atom is -0.312 e. The summed E-state index contributed by atoms with van der Waals surface area (Å²) in [6.07, 6.45) is 5.91. The van der Waals surface area contributed by atoms with Gasteiger partial charge in [0.25, 0.3) is 0 Å². The molecular weight excluding hydrogens is 216 g/mol. The molecule has 16 heavy (non-hydrogen) atoms. The van der Waals surface area contributed by atoms with Crippen LogP contribution in [-0.2, 0) is 19.4 Å². The highest BCUT2D eigenvalue weighted by Crippen LogP contribution is 2.20. The Morgan fingerprint density at radius 3 is 2.62 bits per heavy atom. The molecule has 0 fully saturated rings. The molecule has 0 radical (unpaired) electrons. The predicted octanol–water partition coefficient (Wildman–Crippen LogP) is 3.55. The molecule has 0 aliphatic carbocycles. The van der Waals surface area contributed by atoms with E-state index in [1.165, 1.54) is 34.8 Å². The predicted molar refractivity (Wildman–Crippen MR) is 72.1 cm³/mol. The van der Waals surface area contributed by atoms with Crippen molar-refractivity contribution in [3.63, 3.8) is 0 Å². The van der Waals surface area contributed by atoms with Crippen molar-refractivity contribution >= 4 is 11.3 Å². The normalized spacial score (nSPS) is 10.9. The van der Waals surface area contributed by atoms with Crippen LogP contribution in [0.3, 0.4) is 0 Å². The number of rotatable bonds is 8.